The highest BCUT2D eigenvalue weighted by molar-refractivity contribution is 7.21. The molecule has 0 bridgehead atoms. The van der Waals surface area contributed by atoms with Crippen LogP contribution in [0.3, 0.4) is 0 Å². The van der Waals surface area contributed by atoms with Gasteiger partial charge in [0.15, 0.2) is 0 Å². The maximum absolute atomic E-state index is 13.1. The van der Waals surface area contributed by atoms with Crippen LogP contribution >= 0.6 is 11.3 Å². The van der Waals surface area contributed by atoms with Gasteiger partial charge in [-0.05, 0) is 48.4 Å². The minimum absolute atomic E-state index is 0.305. The van der Waals surface area contributed by atoms with Crippen molar-refractivity contribution < 1.29 is 9.53 Å². The Kier molecular flexibility index (Phi) is 5.69. The van der Waals surface area contributed by atoms with Gasteiger partial charge >= 0.3 is 0 Å². The van der Waals surface area contributed by atoms with Crippen molar-refractivity contribution in [2.75, 3.05) is 18.2 Å². The normalized spacial score (nSPS) is 10.9. The number of hydrogen-bond donors (Lipinski definition) is 2. The number of nitrogen functional groups attached to an aromatic ring is 1. The van der Waals surface area contributed by atoms with Crippen molar-refractivity contribution >= 4 is 39.0 Å². The zero-order chi connectivity index (χ0) is 23.7. The van der Waals surface area contributed by atoms with E-state index >= 15 is 0 Å². The van der Waals surface area contributed by atoms with Gasteiger partial charge in [-0.25, -0.2) is 9.97 Å². The van der Waals surface area contributed by atoms with Crippen molar-refractivity contribution in [3.8, 4) is 28.1 Å². The Bertz CT molecular complexity index is 1500. The van der Waals surface area contributed by atoms with E-state index in [2.05, 4.69) is 10.3 Å². The lowest BCUT2D eigenvalue weighted by atomic mass is 9.99. The second-order valence-electron chi connectivity index (χ2n) is 7.79. The van der Waals surface area contributed by atoms with Crippen molar-refractivity contribution in [1.29, 1.82) is 0 Å². The second kappa shape index (κ2) is 8.96. The number of fused-ring (bicyclic) bond motifs is 1. The lowest BCUT2D eigenvalue weighted by Gasteiger charge is -2.10. The third kappa shape index (κ3) is 4.09. The maximum atomic E-state index is 13.1. The van der Waals surface area contributed by atoms with Crippen LogP contribution in [0.1, 0.15) is 15.4 Å². The van der Waals surface area contributed by atoms with E-state index < -0.39 is 0 Å². The number of nitrogens with zero attached hydrogens (tertiary/aromatic N) is 2. The van der Waals surface area contributed by atoms with Crippen LogP contribution in [-0.4, -0.2) is 23.0 Å². The van der Waals surface area contributed by atoms with Crippen LogP contribution in [0.4, 0.5) is 11.5 Å². The van der Waals surface area contributed by atoms with Gasteiger partial charge in [0, 0.05) is 16.6 Å². The van der Waals surface area contributed by atoms with Crippen LogP contribution in [0.5, 0.6) is 5.75 Å². The van der Waals surface area contributed by atoms with E-state index in [0.717, 1.165) is 39.2 Å². The van der Waals surface area contributed by atoms with Gasteiger partial charge in [-0.3, -0.25) is 4.79 Å². The van der Waals surface area contributed by atoms with Crippen molar-refractivity contribution in [2.24, 2.45) is 0 Å². The zero-order valence-corrected chi connectivity index (χ0v) is 19.5. The monoisotopic (exact) mass is 466 g/mol. The lowest BCUT2D eigenvalue weighted by Crippen LogP contribution is -2.13. The molecule has 2 aromatic carbocycles. The molecule has 6 nitrogen and oxygen atoms in total. The van der Waals surface area contributed by atoms with E-state index in [-0.39, 0.29) is 5.91 Å². The number of thiophene rings is 1. The molecular weight excluding hydrogens is 444 g/mol. The number of carbonyl (C=O) groups is 1. The Balaban J connectivity index is 1.66. The first-order valence-corrected chi connectivity index (χ1v) is 11.5. The molecule has 34 heavy (non-hydrogen) atoms. The summed E-state index contributed by atoms with van der Waals surface area (Å²) in [5, 5.41) is 3.62. The molecule has 7 heteroatoms. The minimum Gasteiger partial charge on any atom is -0.497 e. The Morgan fingerprint density at radius 1 is 0.941 bits per heavy atom. The predicted octanol–water partition coefficient (Wildman–Crippen LogP) is 6.18. The first kappa shape index (κ1) is 21.6. The number of benzene rings is 2. The number of pyridine rings is 2. The van der Waals surface area contributed by atoms with Gasteiger partial charge in [0.1, 0.15) is 21.3 Å². The van der Waals surface area contributed by atoms with Crippen LogP contribution in [-0.2, 0) is 0 Å². The van der Waals surface area contributed by atoms with Crippen LogP contribution in [0.25, 0.3) is 32.6 Å². The smallest absolute Gasteiger partial charge is 0.269 e. The van der Waals surface area contributed by atoms with Gasteiger partial charge in [0.2, 0.25) is 0 Å². The topological polar surface area (TPSA) is 90.1 Å². The molecule has 0 unspecified atom stereocenters. The van der Waals surface area contributed by atoms with E-state index in [1.165, 1.54) is 11.3 Å². The van der Waals surface area contributed by atoms with Crippen LogP contribution < -0.4 is 15.8 Å². The number of aromatic nitrogens is 2. The Morgan fingerprint density at radius 3 is 2.41 bits per heavy atom. The summed E-state index contributed by atoms with van der Waals surface area (Å²) in [4.78, 5) is 23.5. The van der Waals surface area contributed by atoms with Crippen molar-refractivity contribution in [2.45, 2.75) is 6.92 Å². The first-order chi connectivity index (χ1) is 16.5. The quantitative estimate of drug-likeness (QED) is 0.323. The van der Waals surface area contributed by atoms with E-state index in [0.29, 0.717) is 21.2 Å². The number of amides is 1. The summed E-state index contributed by atoms with van der Waals surface area (Å²) in [5.74, 6) is 0.942. The fourth-order valence-electron chi connectivity index (χ4n) is 3.83. The van der Waals surface area contributed by atoms with E-state index in [1.54, 1.807) is 13.2 Å². The van der Waals surface area contributed by atoms with E-state index in [4.69, 9.17) is 15.5 Å². The zero-order valence-electron chi connectivity index (χ0n) is 18.7. The Labute approximate surface area is 201 Å². The summed E-state index contributed by atoms with van der Waals surface area (Å²) in [5.41, 5.74) is 11.5. The molecule has 3 aromatic heterocycles. The molecular formula is C27H22N4O2S. The van der Waals surface area contributed by atoms with Gasteiger partial charge in [0.25, 0.3) is 5.91 Å². The fraction of sp³-hybridized carbons (Fsp3) is 0.0741. The highest BCUT2D eigenvalue weighted by atomic mass is 32.1. The number of nitrogens with one attached hydrogen (secondary N) is 1. The van der Waals surface area contributed by atoms with Gasteiger partial charge in [0.05, 0.1) is 18.5 Å². The molecule has 0 saturated carbocycles. The average Bonchev–Trinajstić information content (AvgIpc) is 3.20. The largest absolute Gasteiger partial charge is 0.497 e. The van der Waals surface area contributed by atoms with Gasteiger partial charge in [-0.15, -0.1) is 11.3 Å². The van der Waals surface area contributed by atoms with Gasteiger partial charge < -0.3 is 15.8 Å². The van der Waals surface area contributed by atoms with Crippen molar-refractivity contribution in [1.82, 2.24) is 9.97 Å². The summed E-state index contributed by atoms with van der Waals surface area (Å²) >= 11 is 1.28. The molecule has 0 aliphatic carbocycles. The molecule has 1 amide bonds. The number of anilines is 2. The first-order valence-electron chi connectivity index (χ1n) is 10.7. The highest BCUT2D eigenvalue weighted by Gasteiger charge is 2.22. The number of ether oxygens (including phenoxy) is 1. The molecule has 3 N–H and O–H groups in total. The second-order valence-corrected chi connectivity index (χ2v) is 8.79. The van der Waals surface area contributed by atoms with Crippen molar-refractivity contribution in [3.05, 3.63) is 89.4 Å². The summed E-state index contributed by atoms with van der Waals surface area (Å²) in [7, 11) is 1.64. The molecule has 0 aliphatic heterocycles. The third-order valence-electron chi connectivity index (χ3n) is 5.51. The molecule has 0 spiro atoms. The highest BCUT2D eigenvalue weighted by Crippen LogP contribution is 2.41. The van der Waals surface area contributed by atoms with Crippen LogP contribution in [0.15, 0.2) is 78.9 Å². The maximum Gasteiger partial charge on any atom is 0.269 e. The molecule has 5 aromatic rings. The minimum atomic E-state index is -0.305. The SMILES string of the molecule is COc1ccc(-c2cc(-c3ccccc3)nc3sc(C(=O)Nc4cccc(C)n4)c(N)c23)cc1. The summed E-state index contributed by atoms with van der Waals surface area (Å²) in [6, 6.07) is 25.2. The molecule has 168 valence electrons. The fourth-order valence-corrected chi connectivity index (χ4v) is 4.85. The summed E-state index contributed by atoms with van der Waals surface area (Å²) in [6.07, 6.45) is 0. The summed E-state index contributed by atoms with van der Waals surface area (Å²) < 4.78 is 5.32. The Morgan fingerprint density at radius 2 is 1.71 bits per heavy atom. The van der Waals surface area contributed by atoms with Gasteiger partial charge in [-0.1, -0.05) is 48.5 Å². The number of aryl methyl sites for hydroxylation is 1. The third-order valence-corrected chi connectivity index (χ3v) is 6.60. The molecule has 0 saturated heterocycles. The summed E-state index contributed by atoms with van der Waals surface area (Å²) in [6.45, 7) is 1.87. The molecule has 3 heterocycles. The average molecular weight is 467 g/mol. The van der Waals surface area contributed by atoms with Crippen LogP contribution in [0, 0.1) is 6.92 Å². The molecule has 5 rings (SSSR count). The van der Waals surface area contributed by atoms with Crippen LogP contribution in [0.2, 0.25) is 0 Å². The van der Waals surface area contributed by atoms with Gasteiger partial charge in [-0.2, -0.15) is 0 Å². The Hall–Kier alpha value is -4.23. The number of carbonyl (C=O) groups excluding carboxylic acids is 1. The molecule has 0 aliphatic rings. The lowest BCUT2D eigenvalue weighted by molar-refractivity contribution is 0.103. The molecule has 0 radical (unpaired) electrons. The standard InChI is InChI=1S/C27H22N4O2S/c1-16-7-6-10-22(29-16)31-26(32)25-24(28)23-20(17-11-13-19(33-2)14-12-17)15-21(30-27(23)34-25)18-8-4-3-5-9-18/h3-15H,28H2,1-2H3,(H,29,31,32). The molecule has 0 fully saturated rings. The number of rotatable bonds is 5. The molecule has 0 atom stereocenters. The number of hydrogen-bond acceptors (Lipinski definition) is 6. The predicted molar refractivity (Wildman–Crippen MR) is 138 cm³/mol. The van der Waals surface area contributed by atoms with Crippen molar-refractivity contribution in [3.63, 3.8) is 0 Å². The number of nitrogens with two attached hydrogens (primary N) is 1. The number of methoxy groups -OCH3 is 1. The van der Waals surface area contributed by atoms with E-state index in [9.17, 15) is 4.79 Å². The van der Waals surface area contributed by atoms with E-state index in [1.807, 2.05) is 79.7 Å².